The maximum Gasteiger partial charge on any atom is 0.265 e. The Balaban J connectivity index is 2.07. The number of benzene rings is 2. The molecule has 2 aromatic carbocycles. The van der Waals surface area contributed by atoms with E-state index in [2.05, 4.69) is 5.32 Å². The molecular formula is C16H15Cl2NO2. The smallest absolute Gasteiger partial charge is 0.265 e. The first kappa shape index (κ1) is 15.7. The van der Waals surface area contributed by atoms with Crippen LogP contribution < -0.4 is 10.1 Å². The van der Waals surface area contributed by atoms with Crippen LogP contribution in [0.25, 0.3) is 0 Å². The molecule has 0 fully saturated rings. The summed E-state index contributed by atoms with van der Waals surface area (Å²) in [6, 6.07) is 14.0. The topological polar surface area (TPSA) is 38.3 Å². The summed E-state index contributed by atoms with van der Waals surface area (Å²) in [6.07, 6.45) is -0.0960. The summed E-state index contributed by atoms with van der Waals surface area (Å²) in [7, 11) is 0. The SMILES string of the molecule is CC[C@@H](Oc1ccccc1Cl)C(=O)Nc1cccc(Cl)c1. The zero-order valence-corrected chi connectivity index (χ0v) is 13.0. The Kier molecular flexibility index (Phi) is 5.48. The van der Waals surface area contributed by atoms with Crippen LogP contribution in [0.1, 0.15) is 13.3 Å². The van der Waals surface area contributed by atoms with E-state index in [1.807, 2.05) is 19.1 Å². The third kappa shape index (κ3) is 4.38. The second-order valence-corrected chi connectivity index (χ2v) is 5.29. The van der Waals surface area contributed by atoms with Crippen LogP contribution in [0.5, 0.6) is 5.75 Å². The molecule has 0 heterocycles. The summed E-state index contributed by atoms with van der Waals surface area (Å²) in [5.74, 6) is 0.256. The first-order valence-corrected chi connectivity index (χ1v) is 7.33. The molecule has 1 N–H and O–H groups in total. The van der Waals surface area contributed by atoms with Gasteiger partial charge in [-0.25, -0.2) is 0 Å². The van der Waals surface area contributed by atoms with Crippen LogP contribution in [0.2, 0.25) is 10.0 Å². The molecule has 2 rings (SSSR count). The first-order valence-electron chi connectivity index (χ1n) is 6.57. The molecule has 0 aromatic heterocycles. The van der Waals surface area contributed by atoms with Gasteiger partial charge in [0.15, 0.2) is 6.10 Å². The van der Waals surface area contributed by atoms with Crippen LogP contribution in [0.4, 0.5) is 5.69 Å². The highest BCUT2D eigenvalue weighted by Crippen LogP contribution is 2.25. The van der Waals surface area contributed by atoms with Gasteiger partial charge < -0.3 is 10.1 Å². The van der Waals surface area contributed by atoms with Gasteiger partial charge in [0.1, 0.15) is 5.75 Å². The molecule has 1 amide bonds. The molecule has 5 heteroatoms. The van der Waals surface area contributed by atoms with Crippen molar-refractivity contribution >= 4 is 34.8 Å². The molecule has 2 aromatic rings. The lowest BCUT2D eigenvalue weighted by Crippen LogP contribution is -2.32. The van der Waals surface area contributed by atoms with Gasteiger partial charge in [0.2, 0.25) is 0 Å². The number of halogens is 2. The zero-order chi connectivity index (χ0) is 15.2. The molecule has 0 radical (unpaired) electrons. The molecule has 0 bridgehead atoms. The van der Waals surface area contributed by atoms with Crippen LogP contribution in [0.15, 0.2) is 48.5 Å². The van der Waals surface area contributed by atoms with Crippen molar-refractivity contribution < 1.29 is 9.53 Å². The van der Waals surface area contributed by atoms with Gasteiger partial charge in [-0.15, -0.1) is 0 Å². The van der Waals surface area contributed by atoms with E-state index in [1.54, 1.807) is 36.4 Å². The molecule has 0 saturated carbocycles. The van der Waals surface area contributed by atoms with Crippen molar-refractivity contribution in [1.29, 1.82) is 0 Å². The lowest BCUT2D eigenvalue weighted by molar-refractivity contribution is -0.122. The average molecular weight is 324 g/mol. The Bertz CT molecular complexity index is 631. The number of nitrogens with one attached hydrogen (secondary N) is 1. The van der Waals surface area contributed by atoms with Gasteiger partial charge in [-0.1, -0.05) is 48.3 Å². The predicted molar refractivity (Wildman–Crippen MR) is 86.2 cm³/mol. The second kappa shape index (κ2) is 7.34. The van der Waals surface area contributed by atoms with Crippen molar-refractivity contribution in [3.8, 4) is 5.75 Å². The summed E-state index contributed by atoms with van der Waals surface area (Å²) in [6.45, 7) is 1.87. The number of carbonyl (C=O) groups is 1. The maximum atomic E-state index is 12.2. The highest BCUT2D eigenvalue weighted by Gasteiger charge is 2.19. The third-order valence-corrected chi connectivity index (χ3v) is 3.41. The van der Waals surface area contributed by atoms with E-state index in [4.69, 9.17) is 27.9 Å². The van der Waals surface area contributed by atoms with Crippen molar-refractivity contribution in [3.63, 3.8) is 0 Å². The summed E-state index contributed by atoms with van der Waals surface area (Å²) < 4.78 is 5.68. The van der Waals surface area contributed by atoms with Crippen LogP contribution in [-0.4, -0.2) is 12.0 Å². The van der Waals surface area contributed by atoms with Crippen LogP contribution in [0.3, 0.4) is 0 Å². The Morgan fingerprint density at radius 3 is 2.62 bits per heavy atom. The number of anilines is 1. The number of hydrogen-bond acceptors (Lipinski definition) is 2. The molecule has 0 aliphatic rings. The van der Waals surface area contributed by atoms with Crippen LogP contribution in [0, 0.1) is 0 Å². The van der Waals surface area contributed by atoms with E-state index in [1.165, 1.54) is 0 Å². The van der Waals surface area contributed by atoms with Crippen molar-refractivity contribution in [1.82, 2.24) is 0 Å². The lowest BCUT2D eigenvalue weighted by Gasteiger charge is -2.18. The van der Waals surface area contributed by atoms with Crippen molar-refractivity contribution in [3.05, 3.63) is 58.6 Å². The summed E-state index contributed by atoms with van der Waals surface area (Å²) in [5.41, 5.74) is 0.633. The van der Waals surface area contributed by atoms with Gasteiger partial charge in [-0.3, -0.25) is 4.79 Å². The van der Waals surface area contributed by atoms with Crippen molar-refractivity contribution in [2.75, 3.05) is 5.32 Å². The third-order valence-electron chi connectivity index (χ3n) is 2.86. The number of rotatable bonds is 5. The van der Waals surface area contributed by atoms with Gasteiger partial charge >= 0.3 is 0 Å². The van der Waals surface area contributed by atoms with E-state index in [0.29, 0.717) is 27.9 Å². The second-order valence-electron chi connectivity index (χ2n) is 4.44. The molecule has 0 aliphatic carbocycles. The van der Waals surface area contributed by atoms with Gasteiger partial charge in [-0.2, -0.15) is 0 Å². The first-order chi connectivity index (χ1) is 10.1. The quantitative estimate of drug-likeness (QED) is 0.859. The minimum Gasteiger partial charge on any atom is -0.479 e. The van der Waals surface area contributed by atoms with Gasteiger partial charge in [0.25, 0.3) is 5.91 Å². The fourth-order valence-corrected chi connectivity index (χ4v) is 2.18. The van der Waals surface area contributed by atoms with Crippen LogP contribution >= 0.6 is 23.2 Å². The molecule has 21 heavy (non-hydrogen) atoms. The summed E-state index contributed by atoms with van der Waals surface area (Å²) >= 11 is 11.9. The van der Waals surface area contributed by atoms with Gasteiger partial charge in [0.05, 0.1) is 5.02 Å². The minimum atomic E-state index is -0.621. The number of carbonyl (C=O) groups excluding carboxylic acids is 1. The molecular weight excluding hydrogens is 309 g/mol. The van der Waals surface area contributed by atoms with Gasteiger partial charge in [-0.05, 0) is 36.8 Å². The highest BCUT2D eigenvalue weighted by atomic mass is 35.5. The molecule has 0 aliphatic heterocycles. The molecule has 1 atom stereocenters. The predicted octanol–water partition coefficient (Wildman–Crippen LogP) is 4.79. The zero-order valence-electron chi connectivity index (χ0n) is 11.5. The largest absolute Gasteiger partial charge is 0.479 e. The summed E-state index contributed by atoms with van der Waals surface area (Å²) in [4.78, 5) is 12.2. The van der Waals surface area contributed by atoms with E-state index in [0.717, 1.165) is 0 Å². The number of amides is 1. The number of hydrogen-bond donors (Lipinski definition) is 1. The minimum absolute atomic E-state index is 0.236. The van der Waals surface area contributed by atoms with E-state index >= 15 is 0 Å². The van der Waals surface area contributed by atoms with E-state index < -0.39 is 6.10 Å². The molecule has 0 unspecified atom stereocenters. The highest BCUT2D eigenvalue weighted by molar-refractivity contribution is 6.32. The van der Waals surface area contributed by atoms with E-state index in [9.17, 15) is 4.79 Å². The Hall–Kier alpha value is -1.71. The van der Waals surface area contributed by atoms with E-state index in [-0.39, 0.29) is 5.91 Å². The van der Waals surface area contributed by atoms with Crippen molar-refractivity contribution in [2.45, 2.75) is 19.4 Å². The fraction of sp³-hybridized carbons (Fsp3) is 0.188. The van der Waals surface area contributed by atoms with Crippen molar-refractivity contribution in [2.24, 2.45) is 0 Å². The standard InChI is InChI=1S/C16H15Cl2NO2/c1-2-14(21-15-9-4-3-8-13(15)18)16(20)19-12-7-5-6-11(17)10-12/h3-10,14H,2H2,1H3,(H,19,20)/t14-/m1/s1. The molecule has 0 saturated heterocycles. The fourth-order valence-electron chi connectivity index (χ4n) is 1.80. The average Bonchev–Trinajstić information content (AvgIpc) is 2.46. The number of para-hydroxylation sites is 1. The Morgan fingerprint density at radius 1 is 1.19 bits per heavy atom. The van der Waals surface area contributed by atoms with Crippen LogP contribution in [-0.2, 0) is 4.79 Å². The molecule has 110 valence electrons. The molecule has 3 nitrogen and oxygen atoms in total. The maximum absolute atomic E-state index is 12.2. The Morgan fingerprint density at radius 2 is 1.95 bits per heavy atom. The lowest BCUT2D eigenvalue weighted by atomic mass is 10.2. The summed E-state index contributed by atoms with van der Waals surface area (Å²) in [5, 5.41) is 3.82. The number of ether oxygens (including phenoxy) is 1. The Labute approximate surface area is 133 Å². The monoisotopic (exact) mass is 323 g/mol. The van der Waals surface area contributed by atoms with Gasteiger partial charge in [0, 0.05) is 10.7 Å². The normalized spacial score (nSPS) is 11.8. The molecule has 0 spiro atoms.